The summed E-state index contributed by atoms with van der Waals surface area (Å²) < 4.78 is 78.6. The molecule has 0 aromatic heterocycles. The normalized spacial score (nSPS) is 14.7. The Kier molecular flexibility index (Phi) is 4.35. The third kappa shape index (κ3) is 2.88. The van der Waals surface area contributed by atoms with E-state index in [0.717, 1.165) is 12.1 Å². The maximum absolute atomic E-state index is 14.2. The summed E-state index contributed by atoms with van der Waals surface area (Å²) >= 11 is 0. The molecule has 0 aliphatic carbocycles. The quantitative estimate of drug-likeness (QED) is 0.742. The van der Waals surface area contributed by atoms with Crippen LogP contribution < -0.4 is 5.32 Å². The molecule has 0 amide bonds. The van der Waals surface area contributed by atoms with Crippen LogP contribution in [-0.2, 0) is 5.67 Å². The van der Waals surface area contributed by atoms with Crippen molar-refractivity contribution in [3.8, 4) is 0 Å². The van der Waals surface area contributed by atoms with Crippen LogP contribution in [0.2, 0.25) is 0 Å². The van der Waals surface area contributed by atoms with Crippen LogP contribution in [-0.4, -0.2) is 12.6 Å². The highest BCUT2D eigenvalue weighted by atomic mass is 19.4. The summed E-state index contributed by atoms with van der Waals surface area (Å²) in [6.45, 7) is 0. The molecule has 0 radical (unpaired) electrons. The molecule has 0 heterocycles. The van der Waals surface area contributed by atoms with Crippen molar-refractivity contribution in [3.05, 3.63) is 60.2 Å². The van der Waals surface area contributed by atoms with Crippen LogP contribution in [0.3, 0.4) is 0 Å². The minimum atomic E-state index is -5.74. The molecule has 118 valence electrons. The van der Waals surface area contributed by atoms with Gasteiger partial charge >= 0.3 is 6.18 Å². The lowest BCUT2D eigenvalue weighted by atomic mass is 9.93. The van der Waals surface area contributed by atoms with Crippen molar-refractivity contribution in [1.29, 1.82) is 0 Å². The molecule has 1 unspecified atom stereocenters. The molecule has 7 heteroatoms. The van der Waals surface area contributed by atoms with Gasteiger partial charge in [0, 0.05) is 16.9 Å². The van der Waals surface area contributed by atoms with Crippen LogP contribution in [0.15, 0.2) is 54.6 Å². The van der Waals surface area contributed by atoms with Gasteiger partial charge in [-0.3, -0.25) is 0 Å². The Balaban J connectivity index is 2.52. The van der Waals surface area contributed by atoms with E-state index in [0.29, 0.717) is 11.8 Å². The molecule has 0 spiro atoms. The van der Waals surface area contributed by atoms with Gasteiger partial charge in [0.05, 0.1) is 0 Å². The maximum Gasteiger partial charge on any atom is 0.432 e. The lowest BCUT2D eigenvalue weighted by molar-refractivity contribution is -0.274. The highest BCUT2D eigenvalue weighted by Crippen LogP contribution is 2.49. The van der Waals surface area contributed by atoms with Crippen LogP contribution in [0, 0.1) is 0 Å². The van der Waals surface area contributed by atoms with Gasteiger partial charge in [-0.05, 0) is 18.2 Å². The Bertz CT molecular complexity index is 625. The van der Waals surface area contributed by atoms with Crippen LogP contribution in [0.5, 0.6) is 0 Å². The van der Waals surface area contributed by atoms with Crippen molar-refractivity contribution < 1.29 is 26.3 Å². The van der Waals surface area contributed by atoms with Crippen molar-refractivity contribution in [2.24, 2.45) is 0 Å². The van der Waals surface area contributed by atoms with Crippen molar-refractivity contribution in [1.82, 2.24) is 0 Å². The lowest BCUT2D eigenvalue weighted by Gasteiger charge is -2.29. The number of nitrogens with one attached hydrogen (secondary N) is 1. The van der Waals surface area contributed by atoms with Crippen molar-refractivity contribution in [2.75, 3.05) is 5.32 Å². The number of halogens is 6. The minimum Gasteiger partial charge on any atom is -0.355 e. The summed E-state index contributed by atoms with van der Waals surface area (Å²) in [5, 5.41) is 2.53. The van der Waals surface area contributed by atoms with E-state index in [1.54, 1.807) is 18.2 Å². The van der Waals surface area contributed by atoms with Crippen molar-refractivity contribution >= 4 is 11.4 Å². The van der Waals surface area contributed by atoms with Crippen LogP contribution in [0.25, 0.3) is 0 Å². The van der Waals surface area contributed by atoms with Gasteiger partial charge in [0.1, 0.15) is 0 Å². The molecule has 0 fully saturated rings. The smallest absolute Gasteiger partial charge is 0.355 e. The molecule has 2 aromatic rings. The predicted octanol–water partition coefficient (Wildman–Crippen LogP) is 5.42. The molecular weight excluding hydrogens is 308 g/mol. The third-order valence-corrected chi connectivity index (χ3v) is 3.09. The summed E-state index contributed by atoms with van der Waals surface area (Å²) in [7, 11) is 0. The van der Waals surface area contributed by atoms with E-state index in [4.69, 9.17) is 0 Å². The second-order valence-corrected chi connectivity index (χ2v) is 4.55. The highest BCUT2D eigenvalue weighted by Gasteiger charge is 2.64. The Morgan fingerprint density at radius 2 is 1.32 bits per heavy atom. The zero-order valence-corrected chi connectivity index (χ0v) is 11.0. The molecule has 0 aliphatic rings. The average Bonchev–Trinajstić information content (AvgIpc) is 2.46. The molecule has 2 aromatic carbocycles. The lowest BCUT2D eigenvalue weighted by Crippen LogP contribution is -2.44. The molecule has 0 saturated carbocycles. The number of alkyl halides is 6. The summed E-state index contributed by atoms with van der Waals surface area (Å²) in [6, 6.07) is 12.1. The molecule has 22 heavy (non-hydrogen) atoms. The fraction of sp³-hybridized carbons (Fsp3) is 0.200. The van der Waals surface area contributed by atoms with Crippen LogP contribution in [0.4, 0.5) is 37.7 Å². The van der Waals surface area contributed by atoms with Gasteiger partial charge in [-0.1, -0.05) is 36.4 Å². The van der Waals surface area contributed by atoms with Crippen LogP contribution >= 0.6 is 0 Å². The van der Waals surface area contributed by atoms with Crippen LogP contribution in [0.1, 0.15) is 5.56 Å². The molecule has 0 saturated heterocycles. The topological polar surface area (TPSA) is 12.0 Å². The SMILES string of the molecule is FC(F)C(F)(c1ccccc1Nc1ccccc1)C(F)(F)F. The van der Waals surface area contributed by atoms with Crippen molar-refractivity contribution in [3.63, 3.8) is 0 Å². The van der Waals surface area contributed by atoms with E-state index in [1.165, 1.54) is 18.2 Å². The summed E-state index contributed by atoms with van der Waals surface area (Å²) in [4.78, 5) is 0. The monoisotopic (exact) mass is 319 g/mol. The van der Waals surface area contributed by atoms with Gasteiger partial charge < -0.3 is 5.32 Å². The van der Waals surface area contributed by atoms with Gasteiger partial charge in [-0.2, -0.15) is 13.2 Å². The van der Waals surface area contributed by atoms with Gasteiger partial charge in [0.15, 0.2) is 0 Å². The highest BCUT2D eigenvalue weighted by molar-refractivity contribution is 5.64. The first-order valence-electron chi connectivity index (χ1n) is 6.22. The predicted molar refractivity (Wildman–Crippen MR) is 71.0 cm³/mol. The van der Waals surface area contributed by atoms with Gasteiger partial charge in [0.25, 0.3) is 12.1 Å². The number of para-hydroxylation sites is 2. The molecule has 1 nitrogen and oxygen atoms in total. The van der Waals surface area contributed by atoms with Gasteiger partial charge in [-0.25, -0.2) is 13.2 Å². The van der Waals surface area contributed by atoms with E-state index < -0.39 is 23.8 Å². The van der Waals surface area contributed by atoms with E-state index in [1.807, 2.05) is 0 Å². The fourth-order valence-electron chi connectivity index (χ4n) is 1.98. The van der Waals surface area contributed by atoms with Gasteiger partial charge in [-0.15, -0.1) is 0 Å². The van der Waals surface area contributed by atoms with E-state index in [-0.39, 0.29) is 5.69 Å². The fourth-order valence-corrected chi connectivity index (χ4v) is 1.98. The number of hydrogen-bond donors (Lipinski definition) is 1. The summed E-state index contributed by atoms with van der Waals surface area (Å²) in [6.07, 6.45) is -9.98. The first-order valence-corrected chi connectivity index (χ1v) is 6.22. The third-order valence-electron chi connectivity index (χ3n) is 3.09. The zero-order valence-electron chi connectivity index (χ0n) is 11.0. The molecular formula is C15H11F6N. The zero-order chi connectivity index (χ0) is 16.4. The maximum atomic E-state index is 14.2. The number of anilines is 2. The van der Waals surface area contributed by atoms with E-state index in [9.17, 15) is 26.3 Å². The first kappa shape index (κ1) is 16.2. The Morgan fingerprint density at radius 1 is 0.773 bits per heavy atom. The van der Waals surface area contributed by atoms with E-state index >= 15 is 0 Å². The largest absolute Gasteiger partial charge is 0.432 e. The second kappa shape index (κ2) is 5.90. The molecule has 1 atom stereocenters. The molecule has 2 rings (SSSR count). The molecule has 0 aliphatic heterocycles. The summed E-state index contributed by atoms with van der Waals surface area (Å²) in [5.74, 6) is 0. The second-order valence-electron chi connectivity index (χ2n) is 4.55. The minimum absolute atomic E-state index is 0.355. The number of benzene rings is 2. The number of hydrogen-bond acceptors (Lipinski definition) is 1. The summed E-state index contributed by atoms with van der Waals surface area (Å²) in [5.41, 5.74) is -5.91. The average molecular weight is 319 g/mol. The number of rotatable bonds is 4. The van der Waals surface area contributed by atoms with Gasteiger partial charge in [0.2, 0.25) is 0 Å². The Hall–Kier alpha value is -2.18. The molecule has 1 N–H and O–H groups in total. The Labute approximate surface area is 122 Å². The standard InChI is InChI=1S/C15H11F6N/c16-13(17)14(18,15(19,20)21)11-8-4-5-9-12(11)22-10-6-2-1-3-7-10/h1-9,13,22H. The molecule has 0 bridgehead atoms. The first-order chi connectivity index (χ1) is 10.3. The Morgan fingerprint density at radius 3 is 1.86 bits per heavy atom. The van der Waals surface area contributed by atoms with Crippen molar-refractivity contribution in [2.45, 2.75) is 18.3 Å². The van der Waals surface area contributed by atoms with E-state index in [2.05, 4.69) is 5.32 Å².